The van der Waals surface area contributed by atoms with Crippen LogP contribution in [0.15, 0.2) is 39.9 Å². The molecule has 10 nitrogen and oxygen atoms in total. The minimum Gasteiger partial charge on any atom is -0.497 e. The van der Waals surface area contributed by atoms with Gasteiger partial charge in [0.05, 0.1) is 24.7 Å². The zero-order valence-corrected chi connectivity index (χ0v) is 17.6. The second-order valence-electron chi connectivity index (χ2n) is 6.74. The molecule has 0 aliphatic heterocycles. The van der Waals surface area contributed by atoms with Crippen molar-refractivity contribution in [2.45, 2.75) is 20.4 Å². The summed E-state index contributed by atoms with van der Waals surface area (Å²) in [5.41, 5.74) is -0.561. The quantitative estimate of drug-likeness (QED) is 0.588. The molecule has 3 aromatic rings. The van der Waals surface area contributed by atoms with Gasteiger partial charge in [-0.2, -0.15) is 0 Å². The number of carbonyl (C=O) groups excluding carboxylic acids is 2. The number of fused-ring (bicyclic) bond motifs is 1. The lowest BCUT2D eigenvalue weighted by Crippen LogP contribution is -2.42. The molecule has 1 amide bonds. The van der Waals surface area contributed by atoms with Crippen molar-refractivity contribution < 1.29 is 19.1 Å². The van der Waals surface area contributed by atoms with Gasteiger partial charge >= 0.3 is 11.7 Å². The van der Waals surface area contributed by atoms with Crippen molar-refractivity contribution in [1.29, 1.82) is 0 Å². The summed E-state index contributed by atoms with van der Waals surface area (Å²) in [6, 6.07) is 8.01. The van der Waals surface area contributed by atoms with E-state index < -0.39 is 29.7 Å². The van der Waals surface area contributed by atoms with Gasteiger partial charge in [-0.05, 0) is 44.2 Å². The molecule has 3 rings (SSSR count). The number of hydrogen-bond acceptors (Lipinski definition) is 7. The van der Waals surface area contributed by atoms with Crippen LogP contribution in [0.4, 0.5) is 5.69 Å². The fourth-order valence-electron chi connectivity index (χ4n) is 3.13. The maximum atomic E-state index is 13.1. The molecule has 2 heterocycles. The number of aryl methyl sites for hydroxylation is 2. The molecular formula is C21H22N4O6. The van der Waals surface area contributed by atoms with Crippen LogP contribution in [0.5, 0.6) is 5.75 Å². The molecule has 0 fully saturated rings. The first-order valence-electron chi connectivity index (χ1n) is 9.49. The number of esters is 1. The van der Waals surface area contributed by atoms with Crippen LogP contribution in [-0.4, -0.2) is 39.7 Å². The highest BCUT2D eigenvalue weighted by atomic mass is 16.5. The highest BCUT2D eigenvalue weighted by Gasteiger charge is 2.22. The van der Waals surface area contributed by atoms with E-state index in [2.05, 4.69) is 10.3 Å². The molecule has 0 unspecified atom stereocenters. The van der Waals surface area contributed by atoms with Crippen LogP contribution >= 0.6 is 0 Å². The maximum Gasteiger partial charge on any atom is 0.339 e. The Balaban J connectivity index is 2.06. The number of nitrogens with zero attached hydrogens (tertiary/aromatic N) is 3. The van der Waals surface area contributed by atoms with Crippen molar-refractivity contribution in [2.75, 3.05) is 19.0 Å². The number of carbonyl (C=O) groups is 2. The Kier molecular flexibility index (Phi) is 6.19. The Bertz CT molecular complexity index is 1270. The third kappa shape index (κ3) is 4.32. The molecule has 0 saturated carbocycles. The van der Waals surface area contributed by atoms with Gasteiger partial charge in [0.25, 0.3) is 5.56 Å². The largest absolute Gasteiger partial charge is 0.497 e. The second-order valence-corrected chi connectivity index (χ2v) is 6.74. The van der Waals surface area contributed by atoms with E-state index in [9.17, 15) is 19.2 Å². The molecule has 0 saturated heterocycles. The number of aromatic nitrogens is 3. The molecule has 1 aromatic carbocycles. The molecule has 0 bridgehead atoms. The van der Waals surface area contributed by atoms with Crippen molar-refractivity contribution in [3.8, 4) is 5.75 Å². The highest BCUT2D eigenvalue weighted by Crippen LogP contribution is 2.16. The number of benzene rings is 1. The lowest BCUT2D eigenvalue weighted by molar-refractivity contribution is -0.116. The summed E-state index contributed by atoms with van der Waals surface area (Å²) >= 11 is 0. The second kappa shape index (κ2) is 8.82. The van der Waals surface area contributed by atoms with Crippen LogP contribution in [0.3, 0.4) is 0 Å². The van der Waals surface area contributed by atoms with E-state index in [-0.39, 0.29) is 23.2 Å². The average molecular weight is 426 g/mol. The van der Waals surface area contributed by atoms with E-state index in [1.54, 1.807) is 38.1 Å². The maximum absolute atomic E-state index is 13.1. The summed E-state index contributed by atoms with van der Waals surface area (Å²) in [6.45, 7) is 2.86. The molecule has 0 spiro atoms. The summed E-state index contributed by atoms with van der Waals surface area (Å²) < 4.78 is 12.0. The Labute approximate surface area is 177 Å². The van der Waals surface area contributed by atoms with E-state index in [4.69, 9.17) is 9.47 Å². The van der Waals surface area contributed by atoms with Crippen LogP contribution in [0.2, 0.25) is 0 Å². The van der Waals surface area contributed by atoms with Crippen molar-refractivity contribution in [3.63, 3.8) is 0 Å². The predicted molar refractivity (Wildman–Crippen MR) is 114 cm³/mol. The number of nitrogens with one attached hydrogen (secondary N) is 1. The zero-order chi connectivity index (χ0) is 22.7. The van der Waals surface area contributed by atoms with E-state index in [0.717, 1.165) is 9.13 Å². The van der Waals surface area contributed by atoms with Crippen molar-refractivity contribution in [1.82, 2.24) is 14.1 Å². The molecule has 10 heteroatoms. The minimum atomic E-state index is -0.793. The standard InChI is InChI=1S/C21H22N4O6/c1-5-31-20(28)15-10-12(2)22-18-17(15)19(27)25(21(29)24(18)3)11-16(26)23-13-6-8-14(30-4)9-7-13/h6-10H,5,11H2,1-4H3,(H,23,26). The topological polar surface area (TPSA) is 122 Å². The van der Waals surface area contributed by atoms with Gasteiger partial charge in [0, 0.05) is 18.4 Å². The van der Waals surface area contributed by atoms with Gasteiger partial charge in [-0.3, -0.25) is 18.7 Å². The number of amides is 1. The molecule has 0 aliphatic carbocycles. The van der Waals surface area contributed by atoms with Gasteiger partial charge in [0.15, 0.2) is 0 Å². The van der Waals surface area contributed by atoms with Crippen LogP contribution in [0.25, 0.3) is 11.0 Å². The molecule has 31 heavy (non-hydrogen) atoms. The first-order chi connectivity index (χ1) is 14.8. The van der Waals surface area contributed by atoms with E-state index >= 15 is 0 Å². The van der Waals surface area contributed by atoms with E-state index in [1.807, 2.05) is 0 Å². The third-order valence-electron chi connectivity index (χ3n) is 4.59. The van der Waals surface area contributed by atoms with Crippen LogP contribution < -0.4 is 21.3 Å². The third-order valence-corrected chi connectivity index (χ3v) is 4.59. The van der Waals surface area contributed by atoms with Crippen molar-refractivity contribution in [3.05, 3.63) is 62.4 Å². The number of anilines is 1. The summed E-state index contributed by atoms with van der Waals surface area (Å²) in [5, 5.41) is 2.54. The number of methoxy groups -OCH3 is 1. The molecule has 0 atom stereocenters. The summed E-state index contributed by atoms with van der Waals surface area (Å²) in [7, 11) is 2.94. The van der Waals surface area contributed by atoms with E-state index in [1.165, 1.54) is 20.2 Å². The number of pyridine rings is 1. The van der Waals surface area contributed by atoms with Gasteiger partial charge in [-0.15, -0.1) is 0 Å². The van der Waals surface area contributed by atoms with Crippen molar-refractivity contribution >= 4 is 28.6 Å². The normalized spacial score (nSPS) is 10.7. The van der Waals surface area contributed by atoms with Gasteiger partial charge in [-0.1, -0.05) is 0 Å². The molecule has 162 valence electrons. The molecule has 1 N–H and O–H groups in total. The monoisotopic (exact) mass is 426 g/mol. The van der Waals surface area contributed by atoms with E-state index in [0.29, 0.717) is 17.1 Å². The SMILES string of the molecule is CCOC(=O)c1cc(C)nc2c1c(=O)n(CC(=O)Nc1ccc(OC)cc1)c(=O)n2C. The average Bonchev–Trinajstić information content (AvgIpc) is 2.75. The van der Waals surface area contributed by atoms with Crippen LogP contribution in [-0.2, 0) is 23.1 Å². The number of rotatable bonds is 6. The Morgan fingerprint density at radius 2 is 1.84 bits per heavy atom. The minimum absolute atomic E-state index is 0.00531. The van der Waals surface area contributed by atoms with Crippen LogP contribution in [0, 0.1) is 6.92 Å². The van der Waals surface area contributed by atoms with Crippen LogP contribution in [0.1, 0.15) is 23.0 Å². The Morgan fingerprint density at radius 1 is 1.16 bits per heavy atom. The molecule has 0 aliphatic rings. The first-order valence-corrected chi connectivity index (χ1v) is 9.49. The Morgan fingerprint density at radius 3 is 2.45 bits per heavy atom. The highest BCUT2D eigenvalue weighted by molar-refractivity contribution is 6.02. The fourth-order valence-corrected chi connectivity index (χ4v) is 3.13. The van der Waals surface area contributed by atoms with Gasteiger partial charge in [-0.25, -0.2) is 14.6 Å². The smallest absolute Gasteiger partial charge is 0.339 e. The molecular weight excluding hydrogens is 404 g/mol. The van der Waals surface area contributed by atoms with Gasteiger partial charge in [0.1, 0.15) is 17.9 Å². The molecule has 0 radical (unpaired) electrons. The Hall–Kier alpha value is -3.95. The van der Waals surface area contributed by atoms with Gasteiger partial charge in [0.2, 0.25) is 5.91 Å². The number of ether oxygens (including phenoxy) is 2. The summed E-state index contributed by atoms with van der Waals surface area (Å²) in [4.78, 5) is 55.0. The lowest BCUT2D eigenvalue weighted by atomic mass is 10.1. The summed E-state index contributed by atoms with van der Waals surface area (Å²) in [6.07, 6.45) is 0. The molecule has 2 aromatic heterocycles. The lowest BCUT2D eigenvalue weighted by Gasteiger charge is -2.13. The fraction of sp³-hybridized carbons (Fsp3) is 0.286. The predicted octanol–water partition coefficient (Wildman–Crippen LogP) is 1.23. The number of hydrogen-bond donors (Lipinski definition) is 1. The van der Waals surface area contributed by atoms with Gasteiger partial charge < -0.3 is 14.8 Å². The summed E-state index contributed by atoms with van der Waals surface area (Å²) in [5.74, 6) is -0.670. The van der Waals surface area contributed by atoms with Crippen molar-refractivity contribution in [2.24, 2.45) is 7.05 Å². The zero-order valence-electron chi connectivity index (χ0n) is 17.6. The first kappa shape index (κ1) is 21.8.